The predicted molar refractivity (Wildman–Crippen MR) is 44.8 cm³/mol. The van der Waals surface area contributed by atoms with Crippen molar-refractivity contribution in [2.24, 2.45) is 7.05 Å². The van der Waals surface area contributed by atoms with Gasteiger partial charge in [-0.2, -0.15) is 5.10 Å². The Bertz CT molecular complexity index is 188. The summed E-state index contributed by atoms with van der Waals surface area (Å²) in [5, 5.41) is 4.02. The number of halogens is 2. The van der Waals surface area contributed by atoms with Gasteiger partial charge in [-0.3, -0.25) is 4.68 Å². The number of hydrogen-bond donors (Lipinski definition) is 0. The van der Waals surface area contributed by atoms with E-state index in [2.05, 4.69) is 5.10 Å². The van der Waals surface area contributed by atoms with Crippen LogP contribution in [0.25, 0.3) is 0 Å². The predicted octanol–water partition coefficient (Wildman–Crippen LogP) is 1.89. The SMILES string of the molecule is Cc1cnn(C)c1CCl.Cl. The van der Waals surface area contributed by atoms with Gasteiger partial charge in [-0.1, -0.05) is 0 Å². The summed E-state index contributed by atoms with van der Waals surface area (Å²) in [5.74, 6) is 0.544. The summed E-state index contributed by atoms with van der Waals surface area (Å²) in [6.45, 7) is 2.00. The van der Waals surface area contributed by atoms with Crippen molar-refractivity contribution in [1.29, 1.82) is 0 Å². The third-order valence-corrected chi connectivity index (χ3v) is 1.65. The van der Waals surface area contributed by atoms with Crippen molar-refractivity contribution in [3.8, 4) is 0 Å². The molecule has 0 unspecified atom stereocenters. The maximum absolute atomic E-state index is 5.62. The molecule has 0 saturated heterocycles. The highest BCUT2D eigenvalue weighted by molar-refractivity contribution is 6.17. The van der Waals surface area contributed by atoms with Crippen LogP contribution in [-0.4, -0.2) is 9.78 Å². The molecule has 0 spiro atoms. The number of alkyl halides is 1. The summed E-state index contributed by atoms with van der Waals surface area (Å²) >= 11 is 5.62. The van der Waals surface area contributed by atoms with E-state index in [-0.39, 0.29) is 12.4 Å². The lowest BCUT2D eigenvalue weighted by Crippen LogP contribution is -1.95. The lowest BCUT2D eigenvalue weighted by Gasteiger charge is -1.95. The monoisotopic (exact) mass is 180 g/mol. The van der Waals surface area contributed by atoms with Gasteiger partial charge in [0.15, 0.2) is 0 Å². The first kappa shape index (κ1) is 9.79. The van der Waals surface area contributed by atoms with E-state index in [0.29, 0.717) is 5.88 Å². The fraction of sp³-hybridized carbons (Fsp3) is 0.500. The van der Waals surface area contributed by atoms with E-state index in [0.717, 1.165) is 11.3 Å². The van der Waals surface area contributed by atoms with Crippen molar-refractivity contribution >= 4 is 24.0 Å². The van der Waals surface area contributed by atoms with Gasteiger partial charge in [0.05, 0.1) is 17.8 Å². The molecule has 58 valence electrons. The second-order valence-electron chi connectivity index (χ2n) is 2.03. The van der Waals surface area contributed by atoms with Gasteiger partial charge in [0.2, 0.25) is 0 Å². The van der Waals surface area contributed by atoms with Gasteiger partial charge in [-0.15, -0.1) is 24.0 Å². The van der Waals surface area contributed by atoms with E-state index in [9.17, 15) is 0 Å². The Morgan fingerprint density at radius 1 is 1.70 bits per heavy atom. The molecule has 4 heteroatoms. The average molecular weight is 181 g/mol. The normalized spacial score (nSPS) is 9.10. The number of nitrogens with zero attached hydrogens (tertiary/aromatic N) is 2. The number of aryl methyl sites for hydroxylation is 2. The Kier molecular flexibility index (Phi) is 3.76. The van der Waals surface area contributed by atoms with Crippen molar-refractivity contribution in [2.45, 2.75) is 12.8 Å². The maximum Gasteiger partial charge on any atom is 0.0646 e. The van der Waals surface area contributed by atoms with Crippen LogP contribution in [0.1, 0.15) is 11.3 Å². The standard InChI is InChI=1S/C6H9ClN2.ClH/c1-5-4-8-9(2)6(5)3-7;/h4H,3H2,1-2H3;1H. The summed E-state index contributed by atoms with van der Waals surface area (Å²) in [7, 11) is 1.89. The molecule has 0 bridgehead atoms. The molecule has 0 aromatic carbocycles. The summed E-state index contributed by atoms with van der Waals surface area (Å²) in [5.41, 5.74) is 2.25. The molecule has 10 heavy (non-hydrogen) atoms. The third kappa shape index (κ3) is 1.64. The minimum absolute atomic E-state index is 0. The van der Waals surface area contributed by atoms with Crippen LogP contribution >= 0.6 is 24.0 Å². The van der Waals surface area contributed by atoms with Crippen LogP contribution in [0, 0.1) is 6.92 Å². The van der Waals surface area contributed by atoms with Gasteiger partial charge in [-0.25, -0.2) is 0 Å². The molecular weight excluding hydrogens is 171 g/mol. The highest BCUT2D eigenvalue weighted by Crippen LogP contribution is 2.07. The highest BCUT2D eigenvalue weighted by Gasteiger charge is 1.99. The lowest BCUT2D eigenvalue weighted by atomic mass is 10.3. The number of rotatable bonds is 1. The molecule has 0 aliphatic carbocycles. The van der Waals surface area contributed by atoms with E-state index in [4.69, 9.17) is 11.6 Å². The first-order chi connectivity index (χ1) is 4.25. The van der Waals surface area contributed by atoms with Gasteiger partial charge >= 0.3 is 0 Å². The largest absolute Gasteiger partial charge is 0.271 e. The molecular formula is C6H10Cl2N2. The molecule has 0 aliphatic rings. The molecule has 0 saturated carbocycles. The maximum atomic E-state index is 5.62. The third-order valence-electron chi connectivity index (χ3n) is 1.40. The van der Waals surface area contributed by atoms with Crippen LogP contribution in [0.15, 0.2) is 6.20 Å². The van der Waals surface area contributed by atoms with Crippen LogP contribution < -0.4 is 0 Å². The lowest BCUT2D eigenvalue weighted by molar-refractivity contribution is 0.734. The highest BCUT2D eigenvalue weighted by atomic mass is 35.5. The van der Waals surface area contributed by atoms with E-state index < -0.39 is 0 Å². The summed E-state index contributed by atoms with van der Waals surface area (Å²) in [4.78, 5) is 0. The Labute approximate surface area is 71.6 Å². The topological polar surface area (TPSA) is 17.8 Å². The van der Waals surface area contributed by atoms with E-state index in [1.165, 1.54) is 0 Å². The second-order valence-corrected chi connectivity index (χ2v) is 2.30. The Balaban J connectivity index is 0.000000810. The van der Waals surface area contributed by atoms with Gasteiger partial charge in [0, 0.05) is 7.05 Å². The zero-order valence-electron chi connectivity index (χ0n) is 5.97. The van der Waals surface area contributed by atoms with Crippen LogP contribution in [-0.2, 0) is 12.9 Å². The second kappa shape index (κ2) is 3.84. The molecule has 1 aromatic rings. The Hall–Kier alpha value is -0.210. The molecule has 0 fully saturated rings. The van der Waals surface area contributed by atoms with E-state index in [1.54, 1.807) is 4.68 Å². The molecule has 1 aromatic heterocycles. The molecule has 0 atom stereocenters. The number of hydrogen-bond acceptors (Lipinski definition) is 1. The average Bonchev–Trinajstić information content (AvgIpc) is 2.12. The van der Waals surface area contributed by atoms with Crippen molar-refractivity contribution < 1.29 is 0 Å². The minimum atomic E-state index is 0. The molecule has 1 heterocycles. The first-order valence-corrected chi connectivity index (χ1v) is 3.32. The minimum Gasteiger partial charge on any atom is -0.271 e. The van der Waals surface area contributed by atoms with Gasteiger partial charge in [0.25, 0.3) is 0 Å². The van der Waals surface area contributed by atoms with Crippen LogP contribution in [0.5, 0.6) is 0 Å². The zero-order valence-corrected chi connectivity index (χ0v) is 7.54. The van der Waals surface area contributed by atoms with E-state index in [1.807, 2.05) is 20.2 Å². The molecule has 1 rings (SSSR count). The molecule has 0 aliphatic heterocycles. The van der Waals surface area contributed by atoms with E-state index >= 15 is 0 Å². The molecule has 0 N–H and O–H groups in total. The van der Waals surface area contributed by atoms with Gasteiger partial charge in [-0.05, 0) is 12.5 Å². The molecule has 0 radical (unpaired) electrons. The van der Waals surface area contributed by atoms with Gasteiger partial charge in [0.1, 0.15) is 0 Å². The van der Waals surface area contributed by atoms with Crippen LogP contribution in [0.4, 0.5) is 0 Å². The van der Waals surface area contributed by atoms with Crippen molar-refractivity contribution in [3.63, 3.8) is 0 Å². The van der Waals surface area contributed by atoms with Crippen molar-refractivity contribution in [2.75, 3.05) is 0 Å². The molecule has 0 amide bonds. The Morgan fingerprint density at radius 2 is 2.30 bits per heavy atom. The van der Waals surface area contributed by atoms with Gasteiger partial charge < -0.3 is 0 Å². The van der Waals surface area contributed by atoms with Crippen LogP contribution in [0.3, 0.4) is 0 Å². The summed E-state index contributed by atoms with van der Waals surface area (Å²) in [6, 6.07) is 0. The summed E-state index contributed by atoms with van der Waals surface area (Å²) < 4.78 is 1.79. The fourth-order valence-electron chi connectivity index (χ4n) is 0.765. The first-order valence-electron chi connectivity index (χ1n) is 2.79. The fourth-order valence-corrected chi connectivity index (χ4v) is 1.15. The Morgan fingerprint density at radius 3 is 2.50 bits per heavy atom. The zero-order chi connectivity index (χ0) is 6.85. The van der Waals surface area contributed by atoms with Crippen LogP contribution in [0.2, 0.25) is 0 Å². The number of aromatic nitrogens is 2. The summed E-state index contributed by atoms with van der Waals surface area (Å²) in [6.07, 6.45) is 1.82. The molecule has 2 nitrogen and oxygen atoms in total. The quantitative estimate of drug-likeness (QED) is 0.605. The van der Waals surface area contributed by atoms with Crippen molar-refractivity contribution in [3.05, 3.63) is 17.5 Å². The smallest absolute Gasteiger partial charge is 0.0646 e. The van der Waals surface area contributed by atoms with Crippen molar-refractivity contribution in [1.82, 2.24) is 9.78 Å².